The van der Waals surface area contributed by atoms with Crippen LogP contribution >= 0.6 is 0 Å². The highest BCUT2D eigenvalue weighted by atomic mass is 15.0. The van der Waals surface area contributed by atoms with Gasteiger partial charge in [-0.15, -0.1) is 0 Å². The number of rotatable bonds is 3. The number of nitrogens with one attached hydrogen (secondary N) is 1. The van der Waals surface area contributed by atoms with E-state index in [0.717, 1.165) is 19.4 Å². The predicted octanol–water partition coefficient (Wildman–Crippen LogP) is 0.615. The van der Waals surface area contributed by atoms with Gasteiger partial charge in [0, 0.05) is 18.6 Å². The van der Waals surface area contributed by atoms with E-state index in [1.165, 1.54) is 0 Å². The van der Waals surface area contributed by atoms with Gasteiger partial charge in [-0.2, -0.15) is 5.26 Å². The lowest BCUT2D eigenvalue weighted by Crippen LogP contribution is -2.50. The fourth-order valence-corrected chi connectivity index (χ4v) is 1.27. The van der Waals surface area contributed by atoms with Crippen molar-refractivity contribution in [1.82, 2.24) is 5.32 Å². The molecule has 0 unspecified atom stereocenters. The van der Waals surface area contributed by atoms with Crippen LogP contribution in [0, 0.1) is 16.7 Å². The van der Waals surface area contributed by atoms with Crippen molar-refractivity contribution in [2.24, 2.45) is 11.1 Å². The molecule has 1 rings (SSSR count). The van der Waals surface area contributed by atoms with Crippen molar-refractivity contribution >= 4 is 0 Å². The highest BCUT2D eigenvalue weighted by Gasteiger charge is 2.27. The van der Waals surface area contributed by atoms with Crippen LogP contribution in [0.15, 0.2) is 0 Å². The summed E-state index contributed by atoms with van der Waals surface area (Å²) >= 11 is 0. The predicted molar refractivity (Wildman–Crippen MR) is 48.4 cm³/mol. The summed E-state index contributed by atoms with van der Waals surface area (Å²) in [7, 11) is 0. The third-order valence-electron chi connectivity index (χ3n) is 2.31. The first kappa shape index (κ1) is 9.50. The minimum absolute atomic E-state index is 0.250. The molecule has 0 heterocycles. The Labute approximate surface area is 73.9 Å². The molecule has 0 saturated heterocycles. The first-order chi connectivity index (χ1) is 5.53. The maximum Gasteiger partial charge on any atom is 0.0697 e. The summed E-state index contributed by atoms with van der Waals surface area (Å²) in [6, 6.07) is 3.19. The number of hydrogen-bond donors (Lipinski definition) is 2. The monoisotopic (exact) mass is 167 g/mol. The Morgan fingerprint density at radius 1 is 1.58 bits per heavy atom. The Kier molecular flexibility index (Phi) is 2.71. The number of nitrogens with two attached hydrogens (primary N) is 1. The summed E-state index contributed by atoms with van der Waals surface area (Å²) < 4.78 is 0. The van der Waals surface area contributed by atoms with E-state index in [9.17, 15) is 0 Å². The van der Waals surface area contributed by atoms with Gasteiger partial charge in [-0.25, -0.2) is 0 Å². The van der Waals surface area contributed by atoms with Gasteiger partial charge in [-0.05, 0) is 26.7 Å². The van der Waals surface area contributed by atoms with Crippen molar-refractivity contribution in [3.05, 3.63) is 0 Å². The van der Waals surface area contributed by atoms with Crippen molar-refractivity contribution in [1.29, 1.82) is 5.26 Å². The van der Waals surface area contributed by atoms with E-state index in [2.05, 4.69) is 11.4 Å². The van der Waals surface area contributed by atoms with Crippen LogP contribution in [-0.2, 0) is 0 Å². The zero-order valence-electron chi connectivity index (χ0n) is 7.80. The summed E-state index contributed by atoms with van der Waals surface area (Å²) in [6.45, 7) is 4.65. The number of hydrogen-bond acceptors (Lipinski definition) is 3. The van der Waals surface area contributed by atoms with Gasteiger partial charge in [0.1, 0.15) is 0 Å². The van der Waals surface area contributed by atoms with Gasteiger partial charge in [-0.1, -0.05) is 0 Å². The molecular formula is C9H17N3. The molecule has 12 heavy (non-hydrogen) atoms. The standard InChI is InChI=1S/C9H17N3/c1-9(2,5-10)6-12-8-3-7(11)4-8/h7-8,12H,3-4,6,11H2,1-2H3. The molecule has 0 spiro atoms. The third kappa shape index (κ3) is 2.47. The minimum atomic E-state index is -0.250. The van der Waals surface area contributed by atoms with Crippen LogP contribution in [0.5, 0.6) is 0 Å². The van der Waals surface area contributed by atoms with Crippen molar-refractivity contribution in [3.8, 4) is 6.07 Å². The second kappa shape index (κ2) is 3.42. The first-order valence-corrected chi connectivity index (χ1v) is 4.44. The normalized spacial score (nSPS) is 29.2. The average Bonchev–Trinajstić information content (AvgIpc) is 1.96. The van der Waals surface area contributed by atoms with Crippen molar-refractivity contribution in [3.63, 3.8) is 0 Å². The van der Waals surface area contributed by atoms with Crippen molar-refractivity contribution < 1.29 is 0 Å². The second-order valence-electron chi connectivity index (χ2n) is 4.30. The highest BCUT2D eigenvalue weighted by molar-refractivity contribution is 4.96. The maximum atomic E-state index is 8.73. The molecule has 0 aromatic heterocycles. The molecule has 3 N–H and O–H groups in total. The SMILES string of the molecule is CC(C)(C#N)CNC1CC(N)C1. The number of nitrogens with zero attached hydrogens (tertiary/aromatic N) is 1. The van der Waals surface area contributed by atoms with Gasteiger partial charge in [0.15, 0.2) is 0 Å². The molecule has 1 aliphatic carbocycles. The van der Waals surface area contributed by atoms with Crippen molar-refractivity contribution in [2.75, 3.05) is 6.54 Å². The zero-order chi connectivity index (χ0) is 9.19. The Morgan fingerprint density at radius 2 is 2.17 bits per heavy atom. The van der Waals surface area contributed by atoms with Gasteiger partial charge in [-0.3, -0.25) is 0 Å². The fraction of sp³-hybridized carbons (Fsp3) is 0.889. The lowest BCUT2D eigenvalue weighted by molar-refractivity contribution is 0.269. The quantitative estimate of drug-likeness (QED) is 0.647. The van der Waals surface area contributed by atoms with E-state index in [-0.39, 0.29) is 5.41 Å². The third-order valence-corrected chi connectivity index (χ3v) is 2.31. The summed E-state index contributed by atoms with van der Waals surface area (Å²) in [5.41, 5.74) is 5.39. The summed E-state index contributed by atoms with van der Waals surface area (Å²) in [6.07, 6.45) is 2.11. The van der Waals surface area contributed by atoms with E-state index in [1.807, 2.05) is 13.8 Å². The smallest absolute Gasteiger partial charge is 0.0697 e. The first-order valence-electron chi connectivity index (χ1n) is 4.44. The van der Waals surface area contributed by atoms with Crippen LogP contribution in [0.1, 0.15) is 26.7 Å². The summed E-state index contributed by atoms with van der Waals surface area (Å²) in [5.74, 6) is 0. The second-order valence-corrected chi connectivity index (χ2v) is 4.30. The number of nitriles is 1. The fourth-order valence-electron chi connectivity index (χ4n) is 1.27. The summed E-state index contributed by atoms with van der Waals surface area (Å²) in [5, 5.41) is 12.1. The van der Waals surface area contributed by atoms with Gasteiger partial charge < -0.3 is 11.1 Å². The van der Waals surface area contributed by atoms with E-state index >= 15 is 0 Å². The van der Waals surface area contributed by atoms with Gasteiger partial charge in [0.25, 0.3) is 0 Å². The minimum Gasteiger partial charge on any atom is -0.328 e. The lowest BCUT2D eigenvalue weighted by atomic mass is 9.86. The molecule has 0 aromatic rings. The largest absolute Gasteiger partial charge is 0.328 e. The van der Waals surface area contributed by atoms with E-state index < -0.39 is 0 Å². The van der Waals surface area contributed by atoms with Crippen LogP contribution in [0.3, 0.4) is 0 Å². The lowest BCUT2D eigenvalue weighted by Gasteiger charge is -2.34. The molecule has 0 radical (unpaired) electrons. The molecule has 3 heteroatoms. The molecule has 0 aliphatic heterocycles. The summed E-state index contributed by atoms with van der Waals surface area (Å²) in [4.78, 5) is 0. The molecule has 0 aromatic carbocycles. The molecule has 0 atom stereocenters. The Hall–Kier alpha value is -0.590. The molecular weight excluding hydrogens is 150 g/mol. The highest BCUT2D eigenvalue weighted by Crippen LogP contribution is 2.19. The molecule has 1 fully saturated rings. The van der Waals surface area contributed by atoms with Crippen LogP contribution in [0.25, 0.3) is 0 Å². The van der Waals surface area contributed by atoms with Crippen LogP contribution in [-0.4, -0.2) is 18.6 Å². The van der Waals surface area contributed by atoms with Crippen molar-refractivity contribution in [2.45, 2.75) is 38.8 Å². The molecule has 1 aliphatic rings. The van der Waals surface area contributed by atoms with Crippen LogP contribution < -0.4 is 11.1 Å². The van der Waals surface area contributed by atoms with Crippen LogP contribution in [0.2, 0.25) is 0 Å². The van der Waals surface area contributed by atoms with Gasteiger partial charge in [0.2, 0.25) is 0 Å². The molecule has 0 amide bonds. The van der Waals surface area contributed by atoms with E-state index in [1.54, 1.807) is 0 Å². The van der Waals surface area contributed by atoms with E-state index in [4.69, 9.17) is 11.0 Å². The molecule has 3 nitrogen and oxygen atoms in total. The van der Waals surface area contributed by atoms with Crippen LogP contribution in [0.4, 0.5) is 0 Å². The maximum absolute atomic E-state index is 8.73. The Morgan fingerprint density at radius 3 is 2.58 bits per heavy atom. The average molecular weight is 167 g/mol. The zero-order valence-corrected chi connectivity index (χ0v) is 7.80. The molecule has 68 valence electrons. The topological polar surface area (TPSA) is 61.8 Å². The Bertz CT molecular complexity index is 186. The molecule has 1 saturated carbocycles. The van der Waals surface area contributed by atoms with Gasteiger partial charge in [0.05, 0.1) is 11.5 Å². The van der Waals surface area contributed by atoms with E-state index in [0.29, 0.717) is 12.1 Å². The molecule has 0 bridgehead atoms. The Balaban J connectivity index is 2.15. The van der Waals surface area contributed by atoms with Gasteiger partial charge >= 0.3 is 0 Å².